The summed E-state index contributed by atoms with van der Waals surface area (Å²) in [6.45, 7) is 0. The van der Waals surface area contributed by atoms with Crippen molar-refractivity contribution in [2.45, 2.75) is 0 Å². The van der Waals surface area contributed by atoms with E-state index in [1.807, 2.05) is 12.1 Å². The smallest absolute Gasteiger partial charge is 0.411 e. The molecule has 1 aromatic rings. The number of amides is 1. The largest absolute Gasteiger partial charge is 0.453 e. The average molecular weight is 192 g/mol. The molecule has 0 bridgehead atoms. The lowest BCUT2D eigenvalue weighted by Crippen LogP contribution is -2.10. The lowest BCUT2D eigenvalue weighted by molar-refractivity contribution is 0.187. The molecule has 0 atom stereocenters. The van der Waals surface area contributed by atoms with Crippen LogP contribution in [0.1, 0.15) is 5.56 Å². The van der Waals surface area contributed by atoms with E-state index in [0.29, 0.717) is 5.69 Å². The van der Waals surface area contributed by atoms with Gasteiger partial charge in [0, 0.05) is 5.69 Å². The Morgan fingerprint density at radius 3 is 2.57 bits per heavy atom. The Morgan fingerprint density at radius 1 is 1.43 bits per heavy atom. The maximum Gasteiger partial charge on any atom is 0.411 e. The zero-order valence-corrected chi connectivity index (χ0v) is 7.86. The van der Waals surface area contributed by atoms with E-state index in [0.717, 1.165) is 5.56 Å². The van der Waals surface area contributed by atoms with E-state index in [1.165, 1.54) is 13.3 Å². The number of rotatable bonds is 2. The molecule has 0 aromatic heterocycles. The number of hydrogen-bond acceptors (Lipinski definition) is 3. The first-order chi connectivity index (χ1) is 6.76. The number of anilines is 1. The van der Waals surface area contributed by atoms with Crippen LogP contribution in [0.15, 0.2) is 30.5 Å². The number of ether oxygens (including phenoxy) is 1. The van der Waals surface area contributed by atoms with Crippen molar-refractivity contribution in [2.24, 2.45) is 5.73 Å². The molecule has 0 aliphatic heterocycles. The molecule has 0 aliphatic carbocycles. The summed E-state index contributed by atoms with van der Waals surface area (Å²) in [7, 11) is 1.32. The van der Waals surface area contributed by atoms with Crippen molar-refractivity contribution in [1.82, 2.24) is 0 Å². The molecule has 0 spiro atoms. The number of carbonyl (C=O) groups is 1. The molecule has 74 valence electrons. The highest BCUT2D eigenvalue weighted by atomic mass is 16.5. The van der Waals surface area contributed by atoms with E-state index in [1.54, 1.807) is 18.2 Å². The number of nitrogens with one attached hydrogen (secondary N) is 1. The second-order valence-electron chi connectivity index (χ2n) is 2.60. The first-order valence-corrected chi connectivity index (χ1v) is 4.09. The molecule has 0 saturated carbocycles. The summed E-state index contributed by atoms with van der Waals surface area (Å²) in [6.07, 6.45) is 2.75. The zero-order chi connectivity index (χ0) is 10.4. The fourth-order valence-corrected chi connectivity index (χ4v) is 0.958. The maximum atomic E-state index is 10.8. The lowest BCUT2D eigenvalue weighted by atomic mass is 10.2. The summed E-state index contributed by atoms with van der Waals surface area (Å²) in [5.41, 5.74) is 6.89. The van der Waals surface area contributed by atoms with Crippen molar-refractivity contribution >= 4 is 17.9 Å². The average Bonchev–Trinajstić information content (AvgIpc) is 2.21. The highest BCUT2D eigenvalue weighted by Gasteiger charge is 1.98. The van der Waals surface area contributed by atoms with Crippen molar-refractivity contribution in [2.75, 3.05) is 12.4 Å². The minimum atomic E-state index is -0.480. The van der Waals surface area contributed by atoms with Gasteiger partial charge in [-0.3, -0.25) is 5.32 Å². The fourth-order valence-electron chi connectivity index (χ4n) is 0.958. The van der Waals surface area contributed by atoms with Gasteiger partial charge >= 0.3 is 6.09 Å². The molecule has 0 fully saturated rings. The number of hydrogen-bond donors (Lipinski definition) is 2. The van der Waals surface area contributed by atoms with Crippen molar-refractivity contribution in [3.05, 3.63) is 36.0 Å². The van der Waals surface area contributed by atoms with Crippen molar-refractivity contribution in [3.8, 4) is 0 Å². The van der Waals surface area contributed by atoms with Gasteiger partial charge in [0.15, 0.2) is 0 Å². The predicted octanol–water partition coefficient (Wildman–Crippen LogP) is 1.79. The van der Waals surface area contributed by atoms with Crippen LogP contribution < -0.4 is 11.1 Å². The number of nitrogens with two attached hydrogens (primary N) is 1. The third-order valence-corrected chi connectivity index (χ3v) is 1.63. The minimum Gasteiger partial charge on any atom is -0.453 e. The topological polar surface area (TPSA) is 64.3 Å². The van der Waals surface area contributed by atoms with Crippen molar-refractivity contribution in [1.29, 1.82) is 0 Å². The number of benzene rings is 1. The normalized spacial score (nSPS) is 10.1. The van der Waals surface area contributed by atoms with Crippen LogP contribution in [0.25, 0.3) is 6.08 Å². The summed E-state index contributed by atoms with van der Waals surface area (Å²) in [4.78, 5) is 10.8. The lowest BCUT2D eigenvalue weighted by Gasteiger charge is -2.03. The summed E-state index contributed by atoms with van der Waals surface area (Å²) in [5.74, 6) is 0. The Labute approximate surface area is 82.4 Å². The third kappa shape index (κ3) is 2.82. The molecular formula is C10H12N2O2. The highest BCUT2D eigenvalue weighted by molar-refractivity contribution is 5.84. The number of carbonyl (C=O) groups excluding carboxylic acids is 1. The van der Waals surface area contributed by atoms with E-state index >= 15 is 0 Å². The summed E-state index contributed by atoms with van der Waals surface area (Å²) in [5, 5.41) is 2.54. The summed E-state index contributed by atoms with van der Waals surface area (Å²) in [6, 6.07) is 7.22. The van der Waals surface area contributed by atoms with Crippen LogP contribution >= 0.6 is 0 Å². The summed E-state index contributed by atoms with van der Waals surface area (Å²) >= 11 is 0. The van der Waals surface area contributed by atoms with Gasteiger partial charge in [-0.25, -0.2) is 4.79 Å². The standard InChI is InChI=1S/C10H12N2O2/c1-14-10(13)12-9-4-2-8(3-5-9)6-7-11/h2-7H,11H2,1H3,(H,12,13)/b7-6+. The molecule has 4 nitrogen and oxygen atoms in total. The van der Waals surface area contributed by atoms with Gasteiger partial charge in [0.05, 0.1) is 7.11 Å². The van der Waals surface area contributed by atoms with E-state index < -0.39 is 6.09 Å². The first kappa shape index (κ1) is 10.1. The quantitative estimate of drug-likeness (QED) is 0.750. The van der Waals surface area contributed by atoms with E-state index in [2.05, 4.69) is 10.1 Å². The van der Waals surface area contributed by atoms with Crippen LogP contribution in [0.2, 0.25) is 0 Å². The Kier molecular flexibility index (Phi) is 3.55. The molecule has 0 saturated heterocycles. The molecule has 1 amide bonds. The van der Waals surface area contributed by atoms with Gasteiger partial charge in [-0.15, -0.1) is 0 Å². The monoisotopic (exact) mass is 192 g/mol. The molecule has 0 aliphatic rings. The SMILES string of the molecule is COC(=O)Nc1ccc(/C=C/N)cc1. The molecule has 1 rings (SSSR count). The molecule has 0 heterocycles. The van der Waals surface area contributed by atoms with E-state index in [9.17, 15) is 4.79 Å². The Hall–Kier alpha value is -1.97. The Balaban J connectivity index is 2.68. The van der Waals surface area contributed by atoms with Gasteiger partial charge in [-0.2, -0.15) is 0 Å². The second-order valence-corrected chi connectivity index (χ2v) is 2.60. The second kappa shape index (κ2) is 4.91. The molecule has 3 N–H and O–H groups in total. The fraction of sp³-hybridized carbons (Fsp3) is 0.100. The van der Waals surface area contributed by atoms with Crippen molar-refractivity contribution in [3.63, 3.8) is 0 Å². The van der Waals surface area contributed by atoms with E-state index in [-0.39, 0.29) is 0 Å². The Morgan fingerprint density at radius 2 is 2.07 bits per heavy atom. The maximum absolute atomic E-state index is 10.8. The molecule has 4 heteroatoms. The minimum absolute atomic E-state index is 0.480. The third-order valence-electron chi connectivity index (χ3n) is 1.63. The predicted molar refractivity (Wildman–Crippen MR) is 55.7 cm³/mol. The van der Waals surface area contributed by atoms with Gasteiger partial charge in [0.2, 0.25) is 0 Å². The highest BCUT2D eigenvalue weighted by Crippen LogP contribution is 2.10. The van der Waals surface area contributed by atoms with Gasteiger partial charge in [0.25, 0.3) is 0 Å². The number of methoxy groups -OCH3 is 1. The van der Waals surface area contributed by atoms with Gasteiger partial charge in [0.1, 0.15) is 0 Å². The molecule has 0 radical (unpaired) electrons. The molecule has 14 heavy (non-hydrogen) atoms. The first-order valence-electron chi connectivity index (χ1n) is 4.09. The van der Waals surface area contributed by atoms with Gasteiger partial charge < -0.3 is 10.5 Å². The van der Waals surface area contributed by atoms with Gasteiger partial charge in [-0.05, 0) is 30.0 Å². The van der Waals surface area contributed by atoms with Crippen LogP contribution in [0, 0.1) is 0 Å². The summed E-state index contributed by atoms with van der Waals surface area (Å²) < 4.78 is 4.45. The zero-order valence-electron chi connectivity index (χ0n) is 7.86. The van der Waals surface area contributed by atoms with Crippen LogP contribution in [0.3, 0.4) is 0 Å². The van der Waals surface area contributed by atoms with Crippen LogP contribution in [0.5, 0.6) is 0 Å². The van der Waals surface area contributed by atoms with Crippen molar-refractivity contribution < 1.29 is 9.53 Å². The molecule has 1 aromatic carbocycles. The molecule has 0 unspecified atom stereocenters. The van der Waals surface area contributed by atoms with Gasteiger partial charge in [-0.1, -0.05) is 12.1 Å². The van der Waals surface area contributed by atoms with E-state index in [4.69, 9.17) is 5.73 Å². The van der Waals surface area contributed by atoms with Crippen LogP contribution in [-0.2, 0) is 4.74 Å². The van der Waals surface area contributed by atoms with Crippen LogP contribution in [-0.4, -0.2) is 13.2 Å². The Bertz CT molecular complexity index is 330. The molecular weight excluding hydrogens is 180 g/mol. The van der Waals surface area contributed by atoms with Crippen LogP contribution in [0.4, 0.5) is 10.5 Å².